The molecule has 2 aromatic carbocycles. The summed E-state index contributed by atoms with van der Waals surface area (Å²) in [6.45, 7) is 0.934. The summed E-state index contributed by atoms with van der Waals surface area (Å²) in [6.07, 6.45) is 0. The molecule has 3 rings (SSSR count). The number of hydrogen-bond acceptors (Lipinski definition) is 3. The Kier molecular flexibility index (Phi) is 3.84. The van der Waals surface area contributed by atoms with Gasteiger partial charge in [0.2, 0.25) is 0 Å². The molecule has 108 valence electrons. The molecule has 2 aromatic rings. The standard InChI is InChI=1S/C16H13BrO4/c17-11-5-6-13(16(18)19)15(7-11)21-9-10-8-20-14-4-2-1-3-12(10)14/h1-7,10H,8-9H2,(H,18,19). The molecular formula is C16H13BrO4. The van der Waals surface area contributed by atoms with E-state index < -0.39 is 5.97 Å². The van der Waals surface area contributed by atoms with Crippen LogP contribution in [-0.4, -0.2) is 24.3 Å². The number of ether oxygens (including phenoxy) is 2. The van der Waals surface area contributed by atoms with Gasteiger partial charge in [-0.05, 0) is 24.3 Å². The number of rotatable bonds is 4. The van der Waals surface area contributed by atoms with E-state index >= 15 is 0 Å². The number of carboxylic acids is 1. The average Bonchev–Trinajstić information content (AvgIpc) is 2.88. The van der Waals surface area contributed by atoms with E-state index in [4.69, 9.17) is 9.47 Å². The molecule has 1 heterocycles. The Hall–Kier alpha value is -2.01. The molecule has 0 aliphatic carbocycles. The van der Waals surface area contributed by atoms with Gasteiger partial charge in [-0.2, -0.15) is 0 Å². The first-order valence-corrected chi connectivity index (χ1v) is 7.32. The normalized spacial score (nSPS) is 16.1. The molecule has 1 aliphatic heterocycles. The van der Waals surface area contributed by atoms with Gasteiger partial charge >= 0.3 is 5.97 Å². The maximum absolute atomic E-state index is 11.2. The van der Waals surface area contributed by atoms with Gasteiger partial charge in [0.15, 0.2) is 0 Å². The smallest absolute Gasteiger partial charge is 0.339 e. The second-order valence-electron chi connectivity index (χ2n) is 4.80. The highest BCUT2D eigenvalue weighted by Gasteiger charge is 2.24. The second-order valence-corrected chi connectivity index (χ2v) is 5.72. The van der Waals surface area contributed by atoms with Crippen molar-refractivity contribution in [2.75, 3.05) is 13.2 Å². The summed E-state index contributed by atoms with van der Waals surface area (Å²) < 4.78 is 12.1. The summed E-state index contributed by atoms with van der Waals surface area (Å²) in [5.74, 6) is 0.349. The lowest BCUT2D eigenvalue weighted by molar-refractivity contribution is 0.0691. The van der Waals surface area contributed by atoms with E-state index in [1.54, 1.807) is 12.1 Å². The molecule has 0 aromatic heterocycles. The van der Waals surface area contributed by atoms with Crippen LogP contribution in [0.2, 0.25) is 0 Å². The fraction of sp³-hybridized carbons (Fsp3) is 0.188. The van der Waals surface area contributed by atoms with Gasteiger partial charge in [0.25, 0.3) is 0 Å². The van der Waals surface area contributed by atoms with Crippen LogP contribution in [0.15, 0.2) is 46.9 Å². The third-order valence-corrected chi connectivity index (χ3v) is 3.91. The van der Waals surface area contributed by atoms with Gasteiger partial charge in [-0.1, -0.05) is 34.1 Å². The highest BCUT2D eigenvalue weighted by molar-refractivity contribution is 9.10. The molecule has 0 saturated heterocycles. The highest BCUT2D eigenvalue weighted by Crippen LogP contribution is 2.34. The lowest BCUT2D eigenvalue weighted by Gasteiger charge is -2.13. The van der Waals surface area contributed by atoms with Crippen LogP contribution in [0.4, 0.5) is 0 Å². The van der Waals surface area contributed by atoms with Gasteiger partial charge in [-0.3, -0.25) is 0 Å². The summed E-state index contributed by atoms with van der Waals surface area (Å²) in [7, 11) is 0. The largest absolute Gasteiger partial charge is 0.493 e. The molecule has 0 bridgehead atoms. The van der Waals surface area contributed by atoms with Crippen LogP contribution < -0.4 is 9.47 Å². The lowest BCUT2D eigenvalue weighted by Crippen LogP contribution is -2.13. The molecule has 0 amide bonds. The Morgan fingerprint density at radius 1 is 1.33 bits per heavy atom. The molecule has 0 fully saturated rings. The lowest BCUT2D eigenvalue weighted by atomic mass is 10.0. The van der Waals surface area contributed by atoms with Crippen LogP contribution in [0.3, 0.4) is 0 Å². The van der Waals surface area contributed by atoms with Crippen molar-refractivity contribution in [2.45, 2.75) is 5.92 Å². The molecule has 0 spiro atoms. The van der Waals surface area contributed by atoms with E-state index in [9.17, 15) is 9.90 Å². The zero-order chi connectivity index (χ0) is 14.8. The molecule has 1 atom stereocenters. The van der Waals surface area contributed by atoms with E-state index in [-0.39, 0.29) is 11.5 Å². The van der Waals surface area contributed by atoms with E-state index in [0.717, 1.165) is 15.8 Å². The summed E-state index contributed by atoms with van der Waals surface area (Å²) in [6, 6.07) is 12.7. The van der Waals surface area contributed by atoms with Crippen LogP contribution >= 0.6 is 15.9 Å². The zero-order valence-electron chi connectivity index (χ0n) is 11.1. The maximum Gasteiger partial charge on any atom is 0.339 e. The number of carbonyl (C=O) groups is 1. The van der Waals surface area contributed by atoms with E-state index in [2.05, 4.69) is 15.9 Å². The first kappa shape index (κ1) is 13.9. The van der Waals surface area contributed by atoms with E-state index in [1.165, 1.54) is 6.07 Å². The van der Waals surface area contributed by atoms with Crippen molar-refractivity contribution in [3.8, 4) is 11.5 Å². The number of para-hydroxylation sites is 1. The third-order valence-electron chi connectivity index (χ3n) is 3.41. The number of aromatic carboxylic acids is 1. The number of carboxylic acid groups (broad SMARTS) is 1. The Bertz CT molecular complexity index is 684. The summed E-state index contributed by atoms with van der Waals surface area (Å²) in [5, 5.41) is 9.19. The zero-order valence-corrected chi connectivity index (χ0v) is 12.7. The van der Waals surface area contributed by atoms with Crippen LogP contribution in [0.5, 0.6) is 11.5 Å². The Balaban J connectivity index is 1.77. The Labute approximate surface area is 130 Å². The Morgan fingerprint density at radius 3 is 2.95 bits per heavy atom. The van der Waals surface area contributed by atoms with Crippen molar-refractivity contribution in [2.24, 2.45) is 0 Å². The molecule has 1 unspecified atom stereocenters. The molecule has 5 heteroatoms. The summed E-state index contributed by atoms with van der Waals surface area (Å²) in [4.78, 5) is 11.2. The topological polar surface area (TPSA) is 55.8 Å². The van der Waals surface area contributed by atoms with Crippen molar-refractivity contribution < 1.29 is 19.4 Å². The summed E-state index contributed by atoms with van der Waals surface area (Å²) >= 11 is 3.33. The molecule has 21 heavy (non-hydrogen) atoms. The first-order chi connectivity index (χ1) is 10.1. The van der Waals surface area contributed by atoms with Gasteiger partial charge in [-0.25, -0.2) is 4.79 Å². The minimum atomic E-state index is -0.999. The summed E-state index contributed by atoms with van der Waals surface area (Å²) in [5.41, 5.74) is 1.26. The minimum absolute atomic E-state index is 0.113. The van der Waals surface area contributed by atoms with Crippen molar-refractivity contribution in [1.29, 1.82) is 0 Å². The van der Waals surface area contributed by atoms with E-state index in [1.807, 2.05) is 24.3 Å². The molecule has 1 aliphatic rings. The monoisotopic (exact) mass is 348 g/mol. The number of halogens is 1. The first-order valence-electron chi connectivity index (χ1n) is 6.52. The molecule has 4 nitrogen and oxygen atoms in total. The van der Waals surface area contributed by atoms with Crippen LogP contribution in [0, 0.1) is 0 Å². The second kappa shape index (κ2) is 5.77. The average molecular weight is 349 g/mol. The maximum atomic E-state index is 11.2. The van der Waals surface area contributed by atoms with Crippen molar-refractivity contribution in [3.05, 3.63) is 58.1 Å². The van der Waals surface area contributed by atoms with Crippen molar-refractivity contribution in [3.63, 3.8) is 0 Å². The SMILES string of the molecule is O=C(O)c1ccc(Br)cc1OCC1COc2ccccc21. The Morgan fingerprint density at radius 2 is 2.14 bits per heavy atom. The minimum Gasteiger partial charge on any atom is -0.493 e. The quantitative estimate of drug-likeness (QED) is 0.915. The fourth-order valence-corrected chi connectivity index (χ4v) is 2.69. The van der Waals surface area contributed by atoms with E-state index in [0.29, 0.717) is 19.0 Å². The van der Waals surface area contributed by atoms with Gasteiger partial charge in [-0.15, -0.1) is 0 Å². The number of benzene rings is 2. The number of hydrogen-bond donors (Lipinski definition) is 1. The fourth-order valence-electron chi connectivity index (χ4n) is 2.35. The van der Waals surface area contributed by atoms with Crippen LogP contribution in [0.25, 0.3) is 0 Å². The predicted molar refractivity (Wildman–Crippen MR) is 81.3 cm³/mol. The van der Waals surface area contributed by atoms with Crippen molar-refractivity contribution in [1.82, 2.24) is 0 Å². The van der Waals surface area contributed by atoms with Crippen LogP contribution in [0.1, 0.15) is 21.8 Å². The van der Waals surface area contributed by atoms with Crippen LogP contribution in [-0.2, 0) is 0 Å². The van der Waals surface area contributed by atoms with Gasteiger partial charge in [0.1, 0.15) is 17.1 Å². The number of fused-ring (bicyclic) bond motifs is 1. The highest BCUT2D eigenvalue weighted by atomic mass is 79.9. The van der Waals surface area contributed by atoms with Gasteiger partial charge in [0.05, 0.1) is 19.1 Å². The molecule has 0 saturated carbocycles. The van der Waals surface area contributed by atoms with Gasteiger partial charge in [0, 0.05) is 10.0 Å². The van der Waals surface area contributed by atoms with Gasteiger partial charge < -0.3 is 14.6 Å². The predicted octanol–water partition coefficient (Wildman–Crippen LogP) is 3.70. The molecule has 1 N–H and O–H groups in total. The third kappa shape index (κ3) is 2.88. The molecule has 0 radical (unpaired) electrons. The van der Waals surface area contributed by atoms with Crippen molar-refractivity contribution >= 4 is 21.9 Å². The molecular weight excluding hydrogens is 336 g/mol.